The standard InChI is InChI=1S/C24H18BO2S.W/c1-4-26-18-10-9-15(11-17(18)25)23-22-13(2)14(3)27-19(22)12-21-24(23)16-7-5-6-8-20(16)28-21;/h4-12H,1-3H3;/q-1;/i10D;. The topological polar surface area (TPSA) is 22.4 Å². The molecule has 5 heteroatoms. The maximum Gasteiger partial charge on any atom is 0.136 e. The largest absolute Gasteiger partial charge is 0.663 e. The molecule has 2 heterocycles. The molecule has 2 aromatic heterocycles. The van der Waals surface area contributed by atoms with E-state index in [0.717, 1.165) is 38.1 Å². The van der Waals surface area contributed by atoms with E-state index in [1.807, 2.05) is 19.1 Å². The van der Waals surface area contributed by atoms with Crippen molar-refractivity contribution in [3.63, 3.8) is 0 Å². The van der Waals surface area contributed by atoms with Crippen LogP contribution in [0.2, 0.25) is 0 Å². The maximum absolute atomic E-state index is 8.46. The molecule has 0 bridgehead atoms. The Morgan fingerprint density at radius 2 is 1.90 bits per heavy atom. The van der Waals surface area contributed by atoms with Crippen LogP contribution < -0.4 is 10.2 Å². The molecular weight excluding hydrogens is 547 g/mol. The van der Waals surface area contributed by atoms with Gasteiger partial charge in [0.05, 0.1) is 7.12 Å². The summed E-state index contributed by atoms with van der Waals surface area (Å²) < 4.78 is 22.4. The summed E-state index contributed by atoms with van der Waals surface area (Å²) in [5.41, 5.74) is 4.39. The first-order chi connectivity index (χ1) is 14.0. The summed E-state index contributed by atoms with van der Waals surface area (Å²) in [6, 6.07) is 14.5. The van der Waals surface area contributed by atoms with Crippen molar-refractivity contribution in [1.29, 1.82) is 0 Å². The zero-order chi connectivity index (χ0) is 20.3. The SMILES string of the molecule is [2H]c1cc(-c2c3c(C)c(C)oc3cc3sc4ccccc4c23)cc([B])c1O[CH-]C.[W]. The second-order valence-corrected chi connectivity index (χ2v) is 7.99. The average Bonchev–Trinajstić information content (AvgIpc) is 3.20. The monoisotopic (exact) mass is 566 g/mol. The first-order valence-electron chi connectivity index (χ1n) is 9.68. The van der Waals surface area contributed by atoms with Crippen LogP contribution in [0.15, 0.2) is 52.9 Å². The van der Waals surface area contributed by atoms with Crippen LogP contribution in [-0.4, -0.2) is 7.85 Å². The molecule has 0 aliphatic heterocycles. The van der Waals surface area contributed by atoms with Crippen LogP contribution in [0.1, 0.15) is 19.6 Å². The Labute approximate surface area is 190 Å². The van der Waals surface area contributed by atoms with E-state index in [4.69, 9.17) is 18.4 Å². The van der Waals surface area contributed by atoms with Crippen LogP contribution in [-0.2, 0) is 21.1 Å². The Kier molecular flexibility index (Phi) is 5.01. The Morgan fingerprint density at radius 3 is 2.66 bits per heavy atom. The summed E-state index contributed by atoms with van der Waals surface area (Å²) >= 11 is 1.75. The fraction of sp³-hybridized carbons (Fsp3) is 0.125. The van der Waals surface area contributed by atoms with Crippen molar-refractivity contribution in [2.75, 3.05) is 0 Å². The van der Waals surface area contributed by atoms with Gasteiger partial charge in [-0.05, 0) is 43.1 Å². The van der Waals surface area contributed by atoms with Crippen molar-refractivity contribution in [1.82, 2.24) is 0 Å². The van der Waals surface area contributed by atoms with E-state index < -0.39 is 0 Å². The van der Waals surface area contributed by atoms with Gasteiger partial charge < -0.3 is 9.15 Å². The van der Waals surface area contributed by atoms with Gasteiger partial charge in [-0.3, -0.25) is 0 Å². The van der Waals surface area contributed by atoms with Crippen LogP contribution in [0.5, 0.6) is 5.75 Å². The summed E-state index contributed by atoms with van der Waals surface area (Å²) in [6.45, 7) is 7.38. The molecule has 29 heavy (non-hydrogen) atoms. The number of hydrogen-bond acceptors (Lipinski definition) is 3. The fourth-order valence-electron chi connectivity index (χ4n) is 3.89. The van der Waals surface area contributed by atoms with Crippen molar-refractivity contribution < 1.29 is 31.6 Å². The molecule has 0 saturated carbocycles. The van der Waals surface area contributed by atoms with Gasteiger partial charge in [-0.1, -0.05) is 35.8 Å². The van der Waals surface area contributed by atoms with Gasteiger partial charge in [-0.2, -0.15) is 13.5 Å². The van der Waals surface area contributed by atoms with Crippen LogP contribution in [0, 0.1) is 20.5 Å². The number of furan rings is 1. The zero-order valence-electron chi connectivity index (χ0n) is 17.3. The maximum atomic E-state index is 8.46. The number of rotatable bonds is 3. The zero-order valence-corrected chi connectivity index (χ0v) is 20.1. The number of thiophene rings is 1. The van der Waals surface area contributed by atoms with Crippen molar-refractivity contribution in [2.45, 2.75) is 20.8 Å². The third-order valence-corrected chi connectivity index (χ3v) is 6.37. The molecule has 0 atom stereocenters. The molecule has 0 saturated heterocycles. The van der Waals surface area contributed by atoms with Gasteiger partial charge in [-0.15, -0.1) is 11.3 Å². The Bertz CT molecular complexity index is 1400. The van der Waals surface area contributed by atoms with Gasteiger partial charge in [-0.25, -0.2) is 0 Å². The van der Waals surface area contributed by atoms with Crippen LogP contribution >= 0.6 is 11.3 Å². The Hall–Kier alpha value is -2.03. The smallest absolute Gasteiger partial charge is 0.136 e. The van der Waals surface area contributed by atoms with E-state index in [0.29, 0.717) is 11.2 Å². The predicted molar refractivity (Wildman–Crippen MR) is 120 cm³/mol. The van der Waals surface area contributed by atoms with Crippen molar-refractivity contribution in [3.8, 4) is 16.9 Å². The number of ether oxygens (including phenoxy) is 1. The third-order valence-electron chi connectivity index (χ3n) is 5.25. The molecule has 2 nitrogen and oxygen atoms in total. The van der Waals surface area contributed by atoms with Crippen molar-refractivity contribution >= 4 is 55.8 Å². The van der Waals surface area contributed by atoms with E-state index in [2.05, 4.69) is 37.3 Å². The van der Waals surface area contributed by atoms with Gasteiger partial charge in [0.1, 0.15) is 19.2 Å². The van der Waals surface area contributed by atoms with Crippen LogP contribution in [0.25, 0.3) is 42.3 Å². The summed E-state index contributed by atoms with van der Waals surface area (Å²) in [5.74, 6) is 1.29. The Balaban J connectivity index is 0.00000218. The minimum atomic E-state index is 0. The second-order valence-electron chi connectivity index (χ2n) is 6.91. The van der Waals surface area contributed by atoms with Crippen LogP contribution in [0.4, 0.5) is 0 Å². The number of aryl methyl sites for hydroxylation is 2. The predicted octanol–water partition coefficient (Wildman–Crippen LogP) is 6.44. The summed E-state index contributed by atoms with van der Waals surface area (Å²) in [7, 11) is 6.28. The Morgan fingerprint density at radius 1 is 1.10 bits per heavy atom. The number of hydrogen-bond donors (Lipinski definition) is 0. The molecule has 0 unspecified atom stereocenters. The van der Waals surface area contributed by atoms with E-state index in [9.17, 15) is 0 Å². The van der Waals surface area contributed by atoms with Gasteiger partial charge in [0.2, 0.25) is 0 Å². The summed E-state index contributed by atoms with van der Waals surface area (Å²) in [5, 5.41) is 3.46. The molecule has 2 radical (unpaired) electrons. The minimum absolute atomic E-state index is 0. The molecule has 5 rings (SSSR count). The second kappa shape index (κ2) is 7.66. The van der Waals surface area contributed by atoms with Crippen LogP contribution in [0.3, 0.4) is 0 Å². The van der Waals surface area contributed by atoms with Gasteiger partial charge in [0.15, 0.2) is 0 Å². The first-order valence-corrected chi connectivity index (χ1v) is 10.00. The number of benzene rings is 3. The molecule has 0 aliphatic rings. The molecular formula is C24H18BO2SW-. The average molecular weight is 566 g/mol. The molecule has 142 valence electrons. The van der Waals surface area contributed by atoms with E-state index >= 15 is 0 Å². The van der Waals surface area contributed by atoms with Gasteiger partial charge in [0, 0.05) is 52.2 Å². The molecule has 0 aliphatic carbocycles. The number of fused-ring (bicyclic) bond motifs is 4. The van der Waals surface area contributed by atoms with Gasteiger partial charge in [0.25, 0.3) is 0 Å². The fourth-order valence-corrected chi connectivity index (χ4v) is 5.03. The minimum Gasteiger partial charge on any atom is -0.663 e. The normalized spacial score (nSPS) is 11.8. The molecule has 0 amide bonds. The summed E-state index contributed by atoms with van der Waals surface area (Å²) in [4.78, 5) is 0. The quantitative estimate of drug-likeness (QED) is 0.186. The molecule has 5 aromatic rings. The molecule has 3 aromatic carbocycles. The molecule has 0 spiro atoms. The first kappa shape index (κ1) is 19.0. The third kappa shape index (κ3) is 3.14. The van der Waals surface area contributed by atoms with Crippen molar-refractivity contribution in [2.24, 2.45) is 0 Å². The summed E-state index contributed by atoms with van der Waals surface area (Å²) in [6.07, 6.45) is 0. The molecule has 0 fully saturated rings. The van der Waals surface area contributed by atoms with E-state index in [-0.39, 0.29) is 27.1 Å². The van der Waals surface area contributed by atoms with Gasteiger partial charge >= 0.3 is 0 Å². The van der Waals surface area contributed by atoms with Crippen molar-refractivity contribution in [3.05, 3.63) is 66.4 Å². The van der Waals surface area contributed by atoms with E-state index in [1.54, 1.807) is 18.3 Å². The molecule has 0 N–H and O–H groups in total. The van der Waals surface area contributed by atoms with E-state index in [1.165, 1.54) is 22.1 Å².